The van der Waals surface area contributed by atoms with Crippen LogP contribution in [0.2, 0.25) is 5.02 Å². The monoisotopic (exact) mass is 298 g/mol. The van der Waals surface area contributed by atoms with E-state index in [0.29, 0.717) is 12.0 Å². The van der Waals surface area contributed by atoms with Crippen LogP contribution < -0.4 is 5.32 Å². The standard InChI is InChI=1S/C15H23ClN2O2/c1-5-6-17-14(10(2)3)9-12-8-13(16)15(18(19)20)7-11(12)4/h7-8,10,14,17H,5-6,9H2,1-4H3. The van der Waals surface area contributed by atoms with E-state index < -0.39 is 4.92 Å². The van der Waals surface area contributed by atoms with E-state index in [1.165, 1.54) is 0 Å². The highest BCUT2D eigenvalue weighted by atomic mass is 35.5. The third-order valence-corrected chi connectivity index (χ3v) is 3.81. The van der Waals surface area contributed by atoms with Crippen LogP contribution in [-0.4, -0.2) is 17.5 Å². The highest BCUT2D eigenvalue weighted by Gasteiger charge is 2.18. The van der Waals surface area contributed by atoms with E-state index >= 15 is 0 Å². The van der Waals surface area contributed by atoms with E-state index in [1.807, 2.05) is 6.92 Å². The molecule has 5 heteroatoms. The van der Waals surface area contributed by atoms with E-state index in [4.69, 9.17) is 11.6 Å². The maximum absolute atomic E-state index is 10.9. The molecule has 0 fully saturated rings. The minimum atomic E-state index is -0.436. The van der Waals surface area contributed by atoms with Gasteiger partial charge in [0.15, 0.2) is 0 Å². The molecule has 0 aliphatic rings. The summed E-state index contributed by atoms with van der Waals surface area (Å²) in [6.07, 6.45) is 1.92. The molecule has 1 aromatic rings. The van der Waals surface area contributed by atoms with E-state index in [1.54, 1.807) is 12.1 Å². The molecular weight excluding hydrogens is 276 g/mol. The Bertz CT molecular complexity index is 475. The van der Waals surface area contributed by atoms with Gasteiger partial charge in [-0.1, -0.05) is 32.4 Å². The normalized spacial score (nSPS) is 12.7. The largest absolute Gasteiger partial charge is 0.313 e. The fraction of sp³-hybridized carbons (Fsp3) is 0.600. The van der Waals surface area contributed by atoms with Crippen molar-refractivity contribution < 1.29 is 4.92 Å². The van der Waals surface area contributed by atoms with Crippen molar-refractivity contribution in [2.24, 2.45) is 5.92 Å². The molecule has 0 amide bonds. The second kappa shape index (κ2) is 7.60. The van der Waals surface area contributed by atoms with E-state index in [2.05, 4.69) is 26.1 Å². The van der Waals surface area contributed by atoms with Crippen LogP contribution in [0.4, 0.5) is 5.69 Å². The van der Waals surface area contributed by atoms with Crippen molar-refractivity contribution in [1.82, 2.24) is 5.32 Å². The van der Waals surface area contributed by atoms with Gasteiger partial charge in [0.1, 0.15) is 5.02 Å². The maximum atomic E-state index is 10.9. The lowest BCUT2D eigenvalue weighted by Crippen LogP contribution is -2.36. The van der Waals surface area contributed by atoms with Gasteiger partial charge in [-0.3, -0.25) is 10.1 Å². The first-order chi connectivity index (χ1) is 9.36. The topological polar surface area (TPSA) is 55.2 Å². The third-order valence-electron chi connectivity index (χ3n) is 3.50. The summed E-state index contributed by atoms with van der Waals surface area (Å²) in [7, 11) is 0. The predicted molar refractivity (Wildman–Crippen MR) is 83.5 cm³/mol. The Balaban J connectivity index is 2.95. The second-order valence-corrected chi connectivity index (χ2v) is 5.90. The first-order valence-electron chi connectivity index (χ1n) is 7.03. The maximum Gasteiger partial charge on any atom is 0.288 e. The molecule has 0 heterocycles. The Morgan fingerprint density at radius 3 is 2.55 bits per heavy atom. The van der Waals surface area contributed by atoms with Crippen molar-refractivity contribution in [3.8, 4) is 0 Å². The molecule has 112 valence electrons. The van der Waals surface area contributed by atoms with Crippen molar-refractivity contribution in [3.63, 3.8) is 0 Å². The van der Waals surface area contributed by atoms with Gasteiger partial charge in [0, 0.05) is 12.1 Å². The average Bonchev–Trinajstić information content (AvgIpc) is 2.37. The molecule has 20 heavy (non-hydrogen) atoms. The molecule has 0 radical (unpaired) electrons. The number of benzene rings is 1. The van der Waals surface area contributed by atoms with Crippen LogP contribution in [0.3, 0.4) is 0 Å². The number of hydrogen-bond acceptors (Lipinski definition) is 3. The van der Waals surface area contributed by atoms with Gasteiger partial charge >= 0.3 is 0 Å². The van der Waals surface area contributed by atoms with Crippen LogP contribution in [0.25, 0.3) is 0 Å². The number of nitrogens with zero attached hydrogens (tertiary/aromatic N) is 1. The summed E-state index contributed by atoms with van der Waals surface area (Å²) in [4.78, 5) is 10.4. The molecule has 0 aliphatic heterocycles. The Kier molecular flexibility index (Phi) is 6.43. The molecule has 1 unspecified atom stereocenters. The molecule has 4 nitrogen and oxygen atoms in total. The number of hydrogen-bond donors (Lipinski definition) is 1. The minimum Gasteiger partial charge on any atom is -0.313 e. The lowest BCUT2D eigenvalue weighted by Gasteiger charge is -2.23. The van der Waals surface area contributed by atoms with Gasteiger partial charge in [0.2, 0.25) is 0 Å². The predicted octanol–water partition coefficient (Wildman–Crippen LogP) is 4.12. The lowest BCUT2D eigenvalue weighted by atomic mass is 9.93. The van der Waals surface area contributed by atoms with Crippen LogP contribution in [0.5, 0.6) is 0 Å². The van der Waals surface area contributed by atoms with Gasteiger partial charge in [-0.05, 0) is 49.4 Å². The zero-order valence-electron chi connectivity index (χ0n) is 12.6. The molecule has 0 bridgehead atoms. The van der Waals surface area contributed by atoms with Crippen LogP contribution in [0.15, 0.2) is 12.1 Å². The molecule has 0 saturated carbocycles. The zero-order valence-corrected chi connectivity index (χ0v) is 13.3. The minimum absolute atomic E-state index is 0.0180. The number of nitrogens with one attached hydrogen (secondary N) is 1. The van der Waals surface area contributed by atoms with Crippen LogP contribution in [-0.2, 0) is 6.42 Å². The second-order valence-electron chi connectivity index (χ2n) is 5.50. The molecule has 1 atom stereocenters. The summed E-state index contributed by atoms with van der Waals surface area (Å²) < 4.78 is 0. The number of rotatable bonds is 7. The Labute approximate surface area is 125 Å². The fourth-order valence-corrected chi connectivity index (χ4v) is 2.43. The molecule has 1 N–H and O–H groups in total. The van der Waals surface area contributed by atoms with E-state index in [0.717, 1.165) is 30.5 Å². The summed E-state index contributed by atoms with van der Waals surface area (Å²) in [6.45, 7) is 9.36. The summed E-state index contributed by atoms with van der Waals surface area (Å²) in [5.74, 6) is 0.495. The number of halogens is 1. The SMILES string of the molecule is CCCNC(Cc1cc(Cl)c([N+](=O)[O-])cc1C)C(C)C. The van der Waals surface area contributed by atoms with Gasteiger partial charge in [-0.25, -0.2) is 0 Å². The quantitative estimate of drug-likeness (QED) is 0.608. The van der Waals surface area contributed by atoms with Crippen molar-refractivity contribution in [2.75, 3.05) is 6.54 Å². The van der Waals surface area contributed by atoms with Crippen LogP contribution in [0.1, 0.15) is 38.3 Å². The summed E-state index contributed by atoms with van der Waals surface area (Å²) in [6, 6.07) is 3.65. The van der Waals surface area contributed by atoms with Gasteiger partial charge in [-0.2, -0.15) is 0 Å². The fourth-order valence-electron chi connectivity index (χ4n) is 2.18. The molecule has 0 aromatic heterocycles. The van der Waals surface area contributed by atoms with Crippen LogP contribution >= 0.6 is 11.6 Å². The third kappa shape index (κ3) is 4.46. The van der Waals surface area contributed by atoms with Crippen molar-refractivity contribution >= 4 is 17.3 Å². The molecule has 1 rings (SSSR count). The molecule has 0 spiro atoms. The Morgan fingerprint density at radius 2 is 2.05 bits per heavy atom. The Hall–Kier alpha value is -1.13. The van der Waals surface area contributed by atoms with Crippen molar-refractivity contribution in [2.45, 2.75) is 46.6 Å². The van der Waals surface area contributed by atoms with Gasteiger partial charge < -0.3 is 5.32 Å². The molecular formula is C15H23ClN2O2. The van der Waals surface area contributed by atoms with E-state index in [-0.39, 0.29) is 10.7 Å². The highest BCUT2D eigenvalue weighted by molar-refractivity contribution is 6.32. The van der Waals surface area contributed by atoms with Crippen molar-refractivity contribution in [1.29, 1.82) is 0 Å². The lowest BCUT2D eigenvalue weighted by molar-refractivity contribution is -0.384. The first kappa shape index (κ1) is 16.9. The molecule has 0 saturated heterocycles. The first-order valence-corrected chi connectivity index (χ1v) is 7.41. The highest BCUT2D eigenvalue weighted by Crippen LogP contribution is 2.28. The van der Waals surface area contributed by atoms with Crippen LogP contribution in [0, 0.1) is 23.0 Å². The van der Waals surface area contributed by atoms with Gasteiger partial charge in [0.25, 0.3) is 5.69 Å². The smallest absolute Gasteiger partial charge is 0.288 e. The van der Waals surface area contributed by atoms with E-state index in [9.17, 15) is 10.1 Å². The Morgan fingerprint density at radius 1 is 1.40 bits per heavy atom. The molecule has 1 aromatic carbocycles. The number of aryl methyl sites for hydroxylation is 1. The van der Waals surface area contributed by atoms with Gasteiger partial charge in [-0.15, -0.1) is 0 Å². The molecule has 0 aliphatic carbocycles. The number of nitro benzene ring substituents is 1. The van der Waals surface area contributed by atoms with Gasteiger partial charge in [0.05, 0.1) is 4.92 Å². The average molecular weight is 299 g/mol. The summed E-state index contributed by atoms with van der Waals surface area (Å²) in [5, 5.41) is 14.6. The van der Waals surface area contributed by atoms with Crippen molar-refractivity contribution in [3.05, 3.63) is 38.4 Å². The zero-order chi connectivity index (χ0) is 15.3. The summed E-state index contributed by atoms with van der Waals surface area (Å²) in [5.41, 5.74) is 1.98. The summed E-state index contributed by atoms with van der Waals surface area (Å²) >= 11 is 6.00. The number of nitro groups is 1.